The van der Waals surface area contributed by atoms with Gasteiger partial charge in [0.05, 0.1) is 12.2 Å². The van der Waals surface area contributed by atoms with Crippen molar-refractivity contribution in [2.45, 2.75) is 13.3 Å². The van der Waals surface area contributed by atoms with E-state index in [1.807, 2.05) is 6.07 Å². The molecule has 0 spiro atoms. The quantitative estimate of drug-likeness (QED) is 0.521. The van der Waals surface area contributed by atoms with Gasteiger partial charge in [0, 0.05) is 12.4 Å². The number of rotatable bonds is 3. The van der Waals surface area contributed by atoms with Gasteiger partial charge in [-0.2, -0.15) is 0 Å². The Hall–Kier alpha value is -1.64. The van der Waals surface area contributed by atoms with Crippen molar-refractivity contribution in [1.82, 2.24) is 4.98 Å². The average Bonchev–Trinajstić information content (AvgIpc) is 2.04. The van der Waals surface area contributed by atoms with Crippen LogP contribution in [0.3, 0.4) is 0 Å². The fraction of sp³-hybridized carbons (Fsp3) is 0.200. The van der Waals surface area contributed by atoms with E-state index in [0.717, 1.165) is 5.56 Å². The summed E-state index contributed by atoms with van der Waals surface area (Å²) >= 11 is 0. The first-order valence-electron chi connectivity index (χ1n) is 3.93. The van der Waals surface area contributed by atoms with Crippen molar-refractivity contribution in [2.75, 3.05) is 0 Å². The van der Waals surface area contributed by atoms with Crippen LogP contribution < -0.4 is 0 Å². The minimum atomic E-state index is -0.305. The van der Waals surface area contributed by atoms with Gasteiger partial charge in [0.25, 0.3) is 0 Å². The van der Waals surface area contributed by atoms with Crippen LogP contribution in [-0.4, -0.2) is 11.0 Å². The number of carbonyl (C=O) groups is 1. The maximum absolute atomic E-state index is 11.1. The molecule has 1 aromatic rings. The summed E-state index contributed by atoms with van der Waals surface area (Å²) in [5.74, 6) is 0.106. The van der Waals surface area contributed by atoms with Gasteiger partial charge in [-0.25, -0.2) is 0 Å². The SMILES string of the molecule is C=C(C)OC(=O)Cc1cccnc1. The molecule has 1 rings (SSSR count). The number of allylic oxidation sites excluding steroid dienone is 1. The lowest BCUT2D eigenvalue weighted by Gasteiger charge is -2.01. The van der Waals surface area contributed by atoms with E-state index >= 15 is 0 Å². The van der Waals surface area contributed by atoms with Crippen LogP contribution in [0.4, 0.5) is 0 Å². The molecule has 0 fully saturated rings. The number of ether oxygens (including phenoxy) is 1. The second kappa shape index (κ2) is 4.40. The summed E-state index contributed by atoms with van der Waals surface area (Å²) in [5, 5.41) is 0. The molecule has 0 aromatic carbocycles. The minimum absolute atomic E-state index is 0.237. The van der Waals surface area contributed by atoms with E-state index in [-0.39, 0.29) is 12.4 Å². The van der Waals surface area contributed by atoms with Crippen LogP contribution in [0.1, 0.15) is 12.5 Å². The number of carbonyl (C=O) groups excluding carboxylic acids is 1. The summed E-state index contributed by atoms with van der Waals surface area (Å²) in [4.78, 5) is 15.0. The van der Waals surface area contributed by atoms with E-state index in [1.54, 1.807) is 25.4 Å². The van der Waals surface area contributed by atoms with Crippen LogP contribution in [0.2, 0.25) is 0 Å². The third-order valence-electron chi connectivity index (χ3n) is 1.36. The Morgan fingerprint density at radius 2 is 2.46 bits per heavy atom. The number of hydrogen-bond acceptors (Lipinski definition) is 3. The molecule has 1 heterocycles. The summed E-state index contributed by atoms with van der Waals surface area (Å²) in [6.07, 6.45) is 3.54. The first-order chi connectivity index (χ1) is 6.18. The van der Waals surface area contributed by atoms with Crippen LogP contribution in [0.5, 0.6) is 0 Å². The van der Waals surface area contributed by atoms with Gasteiger partial charge in [0.2, 0.25) is 0 Å². The number of aromatic nitrogens is 1. The van der Waals surface area contributed by atoms with E-state index in [2.05, 4.69) is 11.6 Å². The lowest BCUT2D eigenvalue weighted by atomic mass is 10.2. The second-order valence-electron chi connectivity index (χ2n) is 2.71. The van der Waals surface area contributed by atoms with Crippen molar-refractivity contribution >= 4 is 5.97 Å². The summed E-state index contributed by atoms with van der Waals surface area (Å²) < 4.78 is 4.79. The van der Waals surface area contributed by atoms with Crippen LogP contribution in [0.25, 0.3) is 0 Å². The average molecular weight is 177 g/mol. The van der Waals surface area contributed by atoms with Crippen LogP contribution in [0.15, 0.2) is 36.9 Å². The molecule has 0 radical (unpaired) electrons. The van der Waals surface area contributed by atoms with Gasteiger partial charge in [0.1, 0.15) is 0 Å². The van der Waals surface area contributed by atoms with Crippen molar-refractivity contribution in [2.24, 2.45) is 0 Å². The molecule has 0 aliphatic carbocycles. The molecule has 13 heavy (non-hydrogen) atoms. The van der Waals surface area contributed by atoms with Crippen molar-refractivity contribution in [3.05, 3.63) is 42.4 Å². The van der Waals surface area contributed by atoms with Gasteiger partial charge in [-0.1, -0.05) is 12.6 Å². The van der Waals surface area contributed by atoms with E-state index in [4.69, 9.17) is 4.74 Å². The normalized spacial score (nSPS) is 9.31. The monoisotopic (exact) mass is 177 g/mol. The Bertz CT molecular complexity index is 306. The topological polar surface area (TPSA) is 39.2 Å². The van der Waals surface area contributed by atoms with Gasteiger partial charge >= 0.3 is 5.97 Å². The molecule has 0 aliphatic rings. The fourth-order valence-corrected chi connectivity index (χ4v) is 0.900. The van der Waals surface area contributed by atoms with Gasteiger partial charge in [-0.3, -0.25) is 9.78 Å². The smallest absolute Gasteiger partial charge is 0.315 e. The summed E-state index contributed by atoms with van der Waals surface area (Å²) in [5.41, 5.74) is 0.841. The van der Waals surface area contributed by atoms with Gasteiger partial charge in [-0.15, -0.1) is 0 Å². The standard InChI is InChI=1S/C10H11NO2/c1-8(2)13-10(12)6-9-4-3-5-11-7-9/h3-5,7H,1,6H2,2H3. The number of esters is 1. The predicted molar refractivity (Wildman–Crippen MR) is 48.8 cm³/mol. The third-order valence-corrected chi connectivity index (χ3v) is 1.36. The zero-order valence-corrected chi connectivity index (χ0v) is 7.49. The molecule has 3 nitrogen and oxygen atoms in total. The van der Waals surface area contributed by atoms with Crippen molar-refractivity contribution in [3.8, 4) is 0 Å². The van der Waals surface area contributed by atoms with Crippen LogP contribution in [0, 0.1) is 0 Å². The number of nitrogens with zero attached hydrogens (tertiary/aromatic N) is 1. The Morgan fingerprint density at radius 1 is 1.69 bits per heavy atom. The summed E-state index contributed by atoms with van der Waals surface area (Å²) in [7, 11) is 0. The van der Waals surface area contributed by atoms with Gasteiger partial charge in [-0.05, 0) is 18.6 Å². The first kappa shape index (κ1) is 9.45. The zero-order chi connectivity index (χ0) is 9.68. The highest BCUT2D eigenvalue weighted by atomic mass is 16.5. The molecule has 0 atom stereocenters. The molecule has 3 heteroatoms. The summed E-state index contributed by atoms with van der Waals surface area (Å²) in [6, 6.07) is 3.61. The van der Waals surface area contributed by atoms with E-state index in [0.29, 0.717) is 5.76 Å². The molecular weight excluding hydrogens is 166 g/mol. The fourth-order valence-electron chi connectivity index (χ4n) is 0.900. The molecule has 0 amide bonds. The van der Waals surface area contributed by atoms with Gasteiger partial charge in [0.15, 0.2) is 0 Å². The number of hydrogen-bond donors (Lipinski definition) is 0. The Morgan fingerprint density at radius 3 is 3.00 bits per heavy atom. The predicted octanol–water partition coefficient (Wildman–Crippen LogP) is 1.70. The Labute approximate surface area is 77.1 Å². The van der Waals surface area contributed by atoms with E-state index < -0.39 is 0 Å². The second-order valence-corrected chi connectivity index (χ2v) is 2.71. The highest BCUT2D eigenvalue weighted by molar-refractivity contribution is 5.73. The minimum Gasteiger partial charge on any atom is -0.432 e. The van der Waals surface area contributed by atoms with Crippen LogP contribution in [-0.2, 0) is 16.0 Å². The molecule has 0 unspecified atom stereocenters. The lowest BCUT2D eigenvalue weighted by Crippen LogP contribution is -2.06. The largest absolute Gasteiger partial charge is 0.432 e. The maximum atomic E-state index is 11.1. The maximum Gasteiger partial charge on any atom is 0.315 e. The van der Waals surface area contributed by atoms with Gasteiger partial charge < -0.3 is 4.74 Å². The van der Waals surface area contributed by atoms with E-state index in [1.165, 1.54) is 0 Å². The zero-order valence-electron chi connectivity index (χ0n) is 7.49. The molecular formula is C10H11NO2. The molecule has 0 aliphatic heterocycles. The first-order valence-corrected chi connectivity index (χ1v) is 3.93. The van der Waals surface area contributed by atoms with Crippen molar-refractivity contribution < 1.29 is 9.53 Å². The highest BCUT2D eigenvalue weighted by Crippen LogP contribution is 2.00. The molecule has 1 aromatic heterocycles. The molecule has 0 bridgehead atoms. The Balaban J connectivity index is 2.50. The van der Waals surface area contributed by atoms with E-state index in [9.17, 15) is 4.79 Å². The number of pyridine rings is 1. The molecule has 0 N–H and O–H groups in total. The third kappa shape index (κ3) is 3.51. The highest BCUT2D eigenvalue weighted by Gasteiger charge is 2.04. The van der Waals surface area contributed by atoms with Crippen molar-refractivity contribution in [3.63, 3.8) is 0 Å². The molecule has 0 saturated heterocycles. The summed E-state index contributed by atoms with van der Waals surface area (Å²) in [6.45, 7) is 5.12. The molecule has 0 saturated carbocycles. The molecule has 68 valence electrons. The van der Waals surface area contributed by atoms with Crippen molar-refractivity contribution in [1.29, 1.82) is 0 Å². The van der Waals surface area contributed by atoms with Crippen LogP contribution >= 0.6 is 0 Å². The Kier molecular flexibility index (Phi) is 3.20. The lowest BCUT2D eigenvalue weighted by molar-refractivity contribution is -0.138.